The summed E-state index contributed by atoms with van der Waals surface area (Å²) in [4.78, 5) is 14.1. The van der Waals surface area contributed by atoms with Gasteiger partial charge >= 0.3 is 0 Å². The van der Waals surface area contributed by atoms with E-state index in [1.807, 2.05) is 30.9 Å². The van der Waals surface area contributed by atoms with Gasteiger partial charge in [-0.05, 0) is 63.2 Å². The molecule has 1 amide bonds. The molecule has 2 N–H and O–H groups in total. The Morgan fingerprint density at radius 1 is 1.29 bits per heavy atom. The molecule has 1 aliphatic heterocycles. The molecule has 0 aromatic rings. The van der Waals surface area contributed by atoms with Crippen molar-refractivity contribution in [2.75, 3.05) is 26.3 Å². The van der Waals surface area contributed by atoms with Gasteiger partial charge in [0.15, 0.2) is 0 Å². The van der Waals surface area contributed by atoms with Gasteiger partial charge in [-0.3, -0.25) is 4.79 Å². The first kappa shape index (κ1) is 24.0. The fourth-order valence-electron chi connectivity index (χ4n) is 5.31. The molecule has 0 aromatic heterocycles. The third kappa shape index (κ3) is 6.68. The highest BCUT2D eigenvalue weighted by atomic mass is 16.5. The van der Waals surface area contributed by atoms with E-state index in [1.54, 1.807) is 0 Å². The number of aliphatic hydroxyl groups is 2. The van der Waals surface area contributed by atoms with E-state index >= 15 is 0 Å². The number of piperidine rings is 1. The first-order valence-electron chi connectivity index (χ1n) is 12.0. The molecule has 172 valence electrons. The monoisotopic (exact) mass is 429 g/mol. The number of hydrogen-bond donors (Lipinski definition) is 2. The molecule has 2 saturated carbocycles. The maximum absolute atomic E-state index is 12.2. The summed E-state index contributed by atoms with van der Waals surface area (Å²) in [5, 5.41) is 20.9. The summed E-state index contributed by atoms with van der Waals surface area (Å²) in [7, 11) is 0. The third-order valence-corrected chi connectivity index (χ3v) is 7.25. The average molecular weight is 430 g/mol. The van der Waals surface area contributed by atoms with Gasteiger partial charge in [-0.25, -0.2) is 0 Å². The molecule has 0 bridgehead atoms. The molecule has 1 heterocycles. The van der Waals surface area contributed by atoms with Crippen molar-refractivity contribution >= 4 is 5.91 Å². The number of nitrogens with zero attached hydrogens (tertiary/aromatic N) is 1. The van der Waals surface area contributed by atoms with Crippen molar-refractivity contribution in [3.8, 4) is 11.8 Å². The van der Waals surface area contributed by atoms with E-state index < -0.39 is 6.10 Å². The number of aliphatic hydroxyl groups excluding tert-OH is 2. The first-order chi connectivity index (χ1) is 15.0. The normalized spacial score (nSPS) is 31.5. The molecule has 3 aliphatic rings. The van der Waals surface area contributed by atoms with Crippen molar-refractivity contribution < 1.29 is 19.7 Å². The standard InChI is InChI=1S/C26H39NO4/c1-3-4-8-19(2)24(28)10-9-22-23-16-20(15-21(23)17-25(22)29)11-14-31-18-26(30)27-12-6-5-7-13-27/h9-11,19,21-25,28-29H,5-8,12-18H2,1-2H3/b10-9+,20-11+/t19-,21-,22+,23-,24+,25+/m0/s1. The van der Waals surface area contributed by atoms with Crippen molar-refractivity contribution in [2.45, 2.75) is 71.0 Å². The Hall–Kier alpha value is -1.61. The summed E-state index contributed by atoms with van der Waals surface area (Å²) in [5.74, 6) is 7.09. The molecule has 2 aliphatic carbocycles. The number of ether oxygens (including phenoxy) is 1. The molecule has 0 spiro atoms. The number of amides is 1. The fraction of sp³-hybridized carbons (Fsp3) is 0.731. The highest BCUT2D eigenvalue weighted by Crippen LogP contribution is 2.50. The third-order valence-electron chi connectivity index (χ3n) is 7.25. The van der Waals surface area contributed by atoms with Gasteiger partial charge in [0.2, 0.25) is 5.91 Å². The molecule has 0 aromatic carbocycles. The highest BCUT2D eigenvalue weighted by Gasteiger charge is 2.45. The maximum Gasteiger partial charge on any atom is 0.248 e. The summed E-state index contributed by atoms with van der Waals surface area (Å²) >= 11 is 0. The van der Waals surface area contributed by atoms with Gasteiger partial charge < -0.3 is 19.8 Å². The summed E-state index contributed by atoms with van der Waals surface area (Å²) in [6, 6.07) is 0. The van der Waals surface area contributed by atoms with E-state index in [4.69, 9.17) is 4.74 Å². The lowest BCUT2D eigenvalue weighted by Gasteiger charge is -2.26. The van der Waals surface area contributed by atoms with Gasteiger partial charge in [0, 0.05) is 25.4 Å². The second-order valence-electron chi connectivity index (χ2n) is 9.52. The van der Waals surface area contributed by atoms with Crippen LogP contribution in [0.4, 0.5) is 0 Å². The minimum atomic E-state index is -0.533. The number of allylic oxidation sites excluding steroid dienone is 1. The van der Waals surface area contributed by atoms with Gasteiger partial charge in [-0.2, -0.15) is 0 Å². The Bertz CT molecular complexity index is 713. The molecule has 3 fully saturated rings. The van der Waals surface area contributed by atoms with Crippen LogP contribution in [0.25, 0.3) is 0 Å². The number of fused-ring (bicyclic) bond motifs is 1. The molecule has 3 rings (SSSR count). The largest absolute Gasteiger partial charge is 0.392 e. The summed E-state index contributed by atoms with van der Waals surface area (Å²) in [6.07, 6.45) is 12.0. The van der Waals surface area contributed by atoms with Crippen molar-refractivity contribution in [3.05, 3.63) is 23.8 Å². The lowest BCUT2D eigenvalue weighted by Crippen LogP contribution is -2.38. The van der Waals surface area contributed by atoms with Crippen molar-refractivity contribution in [2.24, 2.45) is 23.7 Å². The highest BCUT2D eigenvalue weighted by molar-refractivity contribution is 5.77. The quantitative estimate of drug-likeness (QED) is 0.353. The zero-order valence-corrected chi connectivity index (χ0v) is 19.1. The van der Waals surface area contributed by atoms with Crippen LogP contribution in [0, 0.1) is 35.5 Å². The number of likely N-dealkylation sites (tertiary alicyclic amines) is 1. The Labute approximate surface area is 187 Å². The summed E-state index contributed by atoms with van der Waals surface area (Å²) in [5.41, 5.74) is 1.37. The second kappa shape index (κ2) is 11.9. The second-order valence-corrected chi connectivity index (χ2v) is 9.52. The van der Waals surface area contributed by atoms with Crippen LogP contribution >= 0.6 is 0 Å². The Morgan fingerprint density at radius 2 is 2.06 bits per heavy atom. The summed E-state index contributed by atoms with van der Waals surface area (Å²) in [6.45, 7) is 6.18. The van der Waals surface area contributed by atoms with Crippen LogP contribution < -0.4 is 0 Å². The van der Waals surface area contributed by atoms with Crippen LogP contribution in [-0.4, -0.2) is 59.5 Å². The lowest BCUT2D eigenvalue weighted by molar-refractivity contribution is -0.136. The van der Waals surface area contributed by atoms with Gasteiger partial charge in [0.05, 0.1) is 18.8 Å². The average Bonchev–Trinajstić information content (AvgIpc) is 3.30. The van der Waals surface area contributed by atoms with Gasteiger partial charge in [-0.1, -0.05) is 30.7 Å². The molecule has 1 saturated heterocycles. The smallest absolute Gasteiger partial charge is 0.248 e. The Morgan fingerprint density at radius 3 is 2.81 bits per heavy atom. The van der Waals surface area contributed by atoms with E-state index in [1.165, 1.54) is 12.0 Å². The van der Waals surface area contributed by atoms with Crippen LogP contribution in [0.1, 0.15) is 58.8 Å². The van der Waals surface area contributed by atoms with E-state index in [-0.39, 0.29) is 30.5 Å². The van der Waals surface area contributed by atoms with Crippen LogP contribution in [0.15, 0.2) is 23.8 Å². The summed E-state index contributed by atoms with van der Waals surface area (Å²) < 4.78 is 5.64. The molecular weight excluding hydrogens is 390 g/mol. The van der Waals surface area contributed by atoms with Crippen molar-refractivity contribution in [1.82, 2.24) is 4.90 Å². The minimum Gasteiger partial charge on any atom is -0.392 e. The number of carbonyl (C=O) groups is 1. The van der Waals surface area contributed by atoms with E-state index in [0.29, 0.717) is 24.9 Å². The molecule has 0 radical (unpaired) electrons. The molecule has 5 nitrogen and oxygen atoms in total. The predicted molar refractivity (Wildman–Crippen MR) is 122 cm³/mol. The van der Waals surface area contributed by atoms with Crippen LogP contribution in [0.5, 0.6) is 0 Å². The van der Waals surface area contributed by atoms with Gasteiger partial charge in [0.1, 0.15) is 6.61 Å². The zero-order chi connectivity index (χ0) is 22.2. The minimum absolute atomic E-state index is 0.0851. The lowest BCUT2D eigenvalue weighted by atomic mass is 9.89. The van der Waals surface area contributed by atoms with E-state index in [2.05, 4.69) is 17.9 Å². The van der Waals surface area contributed by atoms with Crippen LogP contribution in [0.3, 0.4) is 0 Å². The van der Waals surface area contributed by atoms with Crippen molar-refractivity contribution in [3.63, 3.8) is 0 Å². The Balaban J connectivity index is 1.45. The zero-order valence-electron chi connectivity index (χ0n) is 19.1. The molecular formula is C26H39NO4. The molecule has 31 heavy (non-hydrogen) atoms. The maximum atomic E-state index is 12.2. The van der Waals surface area contributed by atoms with E-state index in [9.17, 15) is 15.0 Å². The number of carbonyl (C=O) groups excluding carboxylic acids is 1. The predicted octanol–water partition coefficient (Wildman–Crippen LogP) is 3.32. The van der Waals surface area contributed by atoms with Gasteiger partial charge in [-0.15, -0.1) is 11.8 Å². The topological polar surface area (TPSA) is 70.0 Å². The van der Waals surface area contributed by atoms with Crippen LogP contribution in [-0.2, 0) is 9.53 Å². The molecule has 0 unspecified atom stereocenters. The van der Waals surface area contributed by atoms with Gasteiger partial charge in [0.25, 0.3) is 0 Å². The molecule has 5 heteroatoms. The number of hydrogen-bond acceptors (Lipinski definition) is 4. The SMILES string of the molecule is CC#CC[C@H](C)[C@H](O)/C=C/[C@@H]1[C@H]2C/C(=C/COCC(=O)N3CCCCC3)C[C@H]2C[C@H]1O. The molecule has 6 atom stereocenters. The van der Waals surface area contributed by atoms with Crippen molar-refractivity contribution in [1.29, 1.82) is 0 Å². The fourth-order valence-corrected chi connectivity index (χ4v) is 5.31. The van der Waals surface area contributed by atoms with E-state index in [0.717, 1.165) is 45.2 Å². The first-order valence-corrected chi connectivity index (χ1v) is 12.0. The Kier molecular flexibility index (Phi) is 9.19. The van der Waals surface area contributed by atoms with Crippen LogP contribution in [0.2, 0.25) is 0 Å². The number of rotatable bonds is 8.